The summed E-state index contributed by atoms with van der Waals surface area (Å²) in [7, 11) is 0. The van der Waals surface area contributed by atoms with Crippen LogP contribution in [0.25, 0.3) is 5.76 Å². The van der Waals surface area contributed by atoms with Crippen molar-refractivity contribution in [2.45, 2.75) is 6.92 Å². The molecule has 0 aliphatic rings. The topological polar surface area (TPSA) is 57.5 Å². The first-order valence-electron chi connectivity index (χ1n) is 5.98. The molecular weight excluding hydrogens is 276 g/mol. The number of ketones is 1. The summed E-state index contributed by atoms with van der Waals surface area (Å²) in [5.74, 6) is -0.804. The van der Waals surface area contributed by atoms with Crippen molar-refractivity contribution in [3.05, 3.63) is 70.3 Å². The van der Waals surface area contributed by atoms with E-state index in [0.717, 1.165) is 11.6 Å². The molecule has 3 nitrogen and oxygen atoms in total. The molecule has 0 saturated carbocycles. The van der Waals surface area contributed by atoms with E-state index >= 15 is 0 Å². The monoisotopic (exact) mass is 288 g/mol. The Balaban J connectivity index is 2.38. The molecule has 4 heteroatoms. The van der Waals surface area contributed by atoms with Crippen LogP contribution < -0.4 is 0 Å². The largest absolute Gasteiger partial charge is 0.507 e. The third kappa shape index (κ3) is 3.00. The van der Waals surface area contributed by atoms with E-state index in [4.69, 9.17) is 11.6 Å². The van der Waals surface area contributed by atoms with Crippen molar-refractivity contribution in [1.29, 1.82) is 0 Å². The summed E-state index contributed by atoms with van der Waals surface area (Å²) in [6.07, 6.45) is 1.05. The molecule has 0 fully saturated rings. The molecule has 102 valence electrons. The summed E-state index contributed by atoms with van der Waals surface area (Å²) in [5.41, 5.74) is 1.38. The van der Waals surface area contributed by atoms with Crippen LogP contribution in [0.4, 0.5) is 0 Å². The SMILES string of the molecule is Cc1ccc(O)c(/C(O)=C/C(=O)c2ccccc2Cl)c1. The molecule has 0 radical (unpaired) electrons. The highest BCUT2D eigenvalue weighted by atomic mass is 35.5. The maximum Gasteiger partial charge on any atom is 0.191 e. The van der Waals surface area contributed by atoms with Crippen molar-refractivity contribution in [2.24, 2.45) is 0 Å². The highest BCUT2D eigenvalue weighted by Crippen LogP contribution is 2.25. The number of aliphatic hydroxyl groups excluding tert-OH is 1. The van der Waals surface area contributed by atoms with Crippen LogP contribution in [0.15, 0.2) is 48.5 Å². The summed E-state index contributed by atoms with van der Waals surface area (Å²) in [4.78, 5) is 12.0. The van der Waals surface area contributed by atoms with Gasteiger partial charge in [-0.3, -0.25) is 4.79 Å². The number of hydrogen-bond donors (Lipinski definition) is 2. The highest BCUT2D eigenvalue weighted by molar-refractivity contribution is 6.34. The zero-order valence-corrected chi connectivity index (χ0v) is 11.6. The Labute approximate surface area is 121 Å². The normalized spacial score (nSPS) is 11.4. The Morgan fingerprint density at radius 3 is 2.55 bits per heavy atom. The molecular formula is C16H13ClO3. The van der Waals surface area contributed by atoms with Crippen molar-refractivity contribution in [3.63, 3.8) is 0 Å². The Kier molecular flexibility index (Phi) is 4.11. The second kappa shape index (κ2) is 5.80. The van der Waals surface area contributed by atoms with Gasteiger partial charge in [0.2, 0.25) is 0 Å². The number of phenols is 1. The maximum atomic E-state index is 12.0. The van der Waals surface area contributed by atoms with E-state index in [1.165, 1.54) is 6.07 Å². The Hall–Kier alpha value is -2.26. The van der Waals surface area contributed by atoms with E-state index in [1.54, 1.807) is 36.4 Å². The first kappa shape index (κ1) is 14.2. The van der Waals surface area contributed by atoms with Gasteiger partial charge < -0.3 is 10.2 Å². The lowest BCUT2D eigenvalue weighted by molar-refractivity contribution is 0.104. The number of benzene rings is 2. The Morgan fingerprint density at radius 1 is 1.15 bits per heavy atom. The fourth-order valence-corrected chi connectivity index (χ4v) is 2.02. The number of halogens is 1. The first-order valence-corrected chi connectivity index (χ1v) is 6.36. The third-order valence-corrected chi connectivity index (χ3v) is 3.16. The van der Waals surface area contributed by atoms with Gasteiger partial charge in [0.15, 0.2) is 5.78 Å². The lowest BCUT2D eigenvalue weighted by Gasteiger charge is -2.05. The number of phenolic OH excluding ortho intramolecular Hbond substituents is 1. The molecule has 0 aliphatic carbocycles. The van der Waals surface area contributed by atoms with Crippen LogP contribution in [0.5, 0.6) is 5.75 Å². The molecule has 2 aromatic rings. The van der Waals surface area contributed by atoms with Gasteiger partial charge in [0.05, 0.1) is 10.6 Å². The number of carbonyl (C=O) groups is 1. The number of allylic oxidation sites excluding steroid dienone is 1. The molecule has 0 spiro atoms. The smallest absolute Gasteiger partial charge is 0.191 e. The summed E-state index contributed by atoms with van der Waals surface area (Å²) in [6, 6.07) is 11.4. The molecule has 0 bridgehead atoms. The molecule has 0 unspecified atom stereocenters. The molecule has 0 amide bonds. The number of aliphatic hydroxyl groups is 1. The number of hydrogen-bond acceptors (Lipinski definition) is 3. The Morgan fingerprint density at radius 2 is 1.85 bits per heavy atom. The minimum Gasteiger partial charge on any atom is -0.507 e. The summed E-state index contributed by atoms with van der Waals surface area (Å²) < 4.78 is 0. The molecule has 20 heavy (non-hydrogen) atoms. The fraction of sp³-hybridized carbons (Fsp3) is 0.0625. The molecule has 2 aromatic carbocycles. The van der Waals surface area contributed by atoms with Crippen LogP contribution in [-0.2, 0) is 0 Å². The van der Waals surface area contributed by atoms with Crippen LogP contribution in [0.3, 0.4) is 0 Å². The van der Waals surface area contributed by atoms with Crippen LogP contribution in [-0.4, -0.2) is 16.0 Å². The summed E-state index contributed by atoms with van der Waals surface area (Å²) >= 11 is 5.92. The average molecular weight is 289 g/mol. The average Bonchev–Trinajstić information content (AvgIpc) is 2.41. The lowest BCUT2D eigenvalue weighted by atomic mass is 10.1. The van der Waals surface area contributed by atoms with Crippen LogP contribution in [0.1, 0.15) is 21.5 Å². The number of aryl methyl sites for hydroxylation is 1. The van der Waals surface area contributed by atoms with Crippen molar-refractivity contribution >= 4 is 23.1 Å². The molecule has 2 N–H and O–H groups in total. The zero-order chi connectivity index (χ0) is 14.7. The number of aromatic hydroxyl groups is 1. The van der Waals surface area contributed by atoms with Gasteiger partial charge in [0.1, 0.15) is 11.5 Å². The van der Waals surface area contributed by atoms with Gasteiger partial charge in [-0.15, -0.1) is 0 Å². The molecule has 2 rings (SSSR count). The van der Waals surface area contributed by atoms with Gasteiger partial charge in [-0.25, -0.2) is 0 Å². The molecule has 0 saturated heterocycles. The minimum absolute atomic E-state index is 0.0868. The van der Waals surface area contributed by atoms with E-state index in [-0.39, 0.29) is 17.1 Å². The van der Waals surface area contributed by atoms with E-state index in [0.29, 0.717) is 10.6 Å². The van der Waals surface area contributed by atoms with E-state index < -0.39 is 5.78 Å². The quantitative estimate of drug-likeness (QED) is 0.507. The van der Waals surface area contributed by atoms with E-state index in [1.807, 2.05) is 6.92 Å². The zero-order valence-electron chi connectivity index (χ0n) is 10.8. The van der Waals surface area contributed by atoms with Gasteiger partial charge in [-0.05, 0) is 31.2 Å². The molecule has 0 atom stereocenters. The van der Waals surface area contributed by atoms with E-state index in [2.05, 4.69) is 0 Å². The molecule has 0 aromatic heterocycles. The first-order chi connectivity index (χ1) is 9.49. The molecule has 0 heterocycles. The number of rotatable bonds is 3. The Bertz CT molecular complexity index is 690. The second-order valence-electron chi connectivity index (χ2n) is 4.39. The van der Waals surface area contributed by atoms with Crippen molar-refractivity contribution in [3.8, 4) is 5.75 Å². The van der Waals surface area contributed by atoms with E-state index in [9.17, 15) is 15.0 Å². The lowest BCUT2D eigenvalue weighted by Crippen LogP contribution is -1.98. The maximum absolute atomic E-state index is 12.0. The summed E-state index contributed by atoms with van der Waals surface area (Å²) in [6.45, 7) is 1.83. The minimum atomic E-state index is -0.422. The molecule has 0 aliphatic heterocycles. The van der Waals surface area contributed by atoms with Gasteiger partial charge in [0.25, 0.3) is 0 Å². The predicted octanol–water partition coefficient (Wildman–Crippen LogP) is 4.14. The summed E-state index contributed by atoms with van der Waals surface area (Å²) in [5, 5.41) is 20.0. The van der Waals surface area contributed by atoms with Crippen LogP contribution in [0, 0.1) is 6.92 Å². The van der Waals surface area contributed by atoms with Crippen LogP contribution in [0.2, 0.25) is 5.02 Å². The van der Waals surface area contributed by atoms with Crippen molar-refractivity contribution in [1.82, 2.24) is 0 Å². The highest BCUT2D eigenvalue weighted by Gasteiger charge is 2.11. The van der Waals surface area contributed by atoms with Crippen molar-refractivity contribution in [2.75, 3.05) is 0 Å². The predicted molar refractivity (Wildman–Crippen MR) is 79.2 cm³/mol. The second-order valence-corrected chi connectivity index (χ2v) is 4.80. The van der Waals surface area contributed by atoms with Gasteiger partial charge >= 0.3 is 0 Å². The standard InChI is InChI=1S/C16H13ClO3/c1-10-6-7-14(18)12(8-10)16(20)9-15(19)11-4-2-3-5-13(11)17/h2-9,18,20H,1H3/b16-9-. The third-order valence-electron chi connectivity index (χ3n) is 2.84. The fourth-order valence-electron chi connectivity index (χ4n) is 1.80. The van der Waals surface area contributed by atoms with Crippen LogP contribution >= 0.6 is 11.6 Å². The van der Waals surface area contributed by atoms with Crippen molar-refractivity contribution < 1.29 is 15.0 Å². The number of carbonyl (C=O) groups excluding carboxylic acids is 1. The van der Waals surface area contributed by atoms with Gasteiger partial charge in [0, 0.05) is 11.6 Å². The van der Waals surface area contributed by atoms with Gasteiger partial charge in [-0.1, -0.05) is 35.4 Å². The van der Waals surface area contributed by atoms with Gasteiger partial charge in [-0.2, -0.15) is 0 Å².